The van der Waals surface area contributed by atoms with Crippen LogP contribution in [0.15, 0.2) is 46.9 Å². The van der Waals surface area contributed by atoms with Crippen LogP contribution in [0.3, 0.4) is 0 Å². The lowest BCUT2D eigenvalue weighted by atomic mass is 10.2. The minimum absolute atomic E-state index is 0.355. The number of hydrogen-bond acceptors (Lipinski definition) is 3. The first-order valence-electron chi connectivity index (χ1n) is 5.82. The summed E-state index contributed by atoms with van der Waals surface area (Å²) in [6.07, 6.45) is 0. The van der Waals surface area contributed by atoms with Gasteiger partial charge in [-0.05, 0) is 18.2 Å². The first-order chi connectivity index (χ1) is 9.56. The largest absolute Gasteiger partial charge is 0.619 e. The third-order valence-electron chi connectivity index (χ3n) is 2.98. The van der Waals surface area contributed by atoms with Gasteiger partial charge in [0.25, 0.3) is 0 Å². The molecule has 0 fully saturated rings. The zero-order valence-electron chi connectivity index (χ0n) is 10.3. The van der Waals surface area contributed by atoms with Crippen LogP contribution in [-0.4, -0.2) is 26.4 Å². The second-order valence-electron chi connectivity index (χ2n) is 4.31. The van der Waals surface area contributed by atoms with Crippen LogP contribution in [0, 0.1) is 5.21 Å². The Labute approximate surface area is 123 Å². The molecule has 3 rings (SSSR count). The van der Waals surface area contributed by atoms with E-state index >= 15 is 0 Å². The maximum atomic E-state index is 11.2. The highest BCUT2D eigenvalue weighted by atomic mass is 79.9. The lowest BCUT2D eigenvalue weighted by Crippen LogP contribution is -1.95. The maximum Gasteiger partial charge on any atom is 0.218 e. The molecule has 0 atom stereocenters. The lowest BCUT2D eigenvalue weighted by Gasteiger charge is -2.02. The minimum atomic E-state index is 0.355. The van der Waals surface area contributed by atoms with Gasteiger partial charge >= 0.3 is 0 Å². The van der Waals surface area contributed by atoms with Crippen molar-refractivity contribution in [1.82, 2.24) is 9.71 Å². The van der Waals surface area contributed by atoms with Crippen LogP contribution in [0.5, 0.6) is 0 Å². The average Bonchev–Trinajstić information content (AvgIpc) is 2.76. The van der Waals surface area contributed by atoms with E-state index < -0.39 is 0 Å². The van der Waals surface area contributed by atoms with Gasteiger partial charge in [-0.25, -0.2) is 4.98 Å². The van der Waals surface area contributed by atoms with Gasteiger partial charge in [-0.15, -0.1) is 0 Å². The van der Waals surface area contributed by atoms with Crippen molar-refractivity contribution >= 4 is 39.4 Å². The zero-order valence-corrected chi connectivity index (χ0v) is 11.9. The first kappa shape index (κ1) is 12.7. The van der Waals surface area contributed by atoms with E-state index in [0.717, 1.165) is 14.8 Å². The number of nitrogens with zero attached hydrogens (tertiary/aromatic N) is 3. The number of rotatable bonds is 2. The molecule has 3 aromatic rings. The minimum Gasteiger partial charge on any atom is -0.619 e. The topological polar surface area (TPSA) is 64.1 Å². The summed E-state index contributed by atoms with van der Waals surface area (Å²) < 4.78 is 2.36. The van der Waals surface area contributed by atoms with Gasteiger partial charge in [-0.2, -0.15) is 9.47 Å². The molecule has 0 bridgehead atoms. The highest BCUT2D eigenvalue weighted by Gasteiger charge is 2.14. The average molecular weight is 332 g/mol. The fourth-order valence-electron chi connectivity index (χ4n) is 2.02. The SMILES string of the molecule is C=[N+]([O-])c1ccc2nc(-c3cccc(Br)c3)n(O)c2c1. The molecular weight excluding hydrogens is 322 g/mol. The fraction of sp³-hybridized carbons (Fsp3) is 0. The Morgan fingerprint density at radius 1 is 1.25 bits per heavy atom. The summed E-state index contributed by atoms with van der Waals surface area (Å²) in [5, 5.41) is 21.4. The fourth-order valence-corrected chi connectivity index (χ4v) is 2.42. The highest BCUT2D eigenvalue weighted by molar-refractivity contribution is 9.10. The van der Waals surface area contributed by atoms with E-state index in [-0.39, 0.29) is 0 Å². The predicted molar refractivity (Wildman–Crippen MR) is 80.5 cm³/mol. The van der Waals surface area contributed by atoms with Gasteiger partial charge in [0.15, 0.2) is 5.82 Å². The number of benzene rings is 2. The normalized spacial score (nSPS) is 10.8. The van der Waals surface area contributed by atoms with E-state index in [1.807, 2.05) is 24.3 Å². The maximum absolute atomic E-state index is 11.2. The zero-order chi connectivity index (χ0) is 14.3. The Balaban J connectivity index is 2.23. The monoisotopic (exact) mass is 331 g/mol. The Kier molecular flexibility index (Phi) is 2.94. The van der Waals surface area contributed by atoms with Crippen LogP contribution in [0.25, 0.3) is 22.4 Å². The number of hydrogen-bond donors (Lipinski definition) is 1. The Hall–Kier alpha value is -2.34. The Bertz CT molecular complexity index is 826. The number of halogens is 1. The van der Waals surface area contributed by atoms with Crippen molar-refractivity contribution in [2.45, 2.75) is 0 Å². The second-order valence-corrected chi connectivity index (χ2v) is 5.22. The number of aromatic nitrogens is 2. The van der Waals surface area contributed by atoms with Gasteiger partial charge in [-0.1, -0.05) is 28.1 Å². The third kappa shape index (κ3) is 2.04. The van der Waals surface area contributed by atoms with E-state index in [1.165, 1.54) is 0 Å². The predicted octanol–water partition coefficient (Wildman–Crippen LogP) is 3.55. The van der Waals surface area contributed by atoms with Crippen LogP contribution in [0.4, 0.5) is 5.69 Å². The van der Waals surface area contributed by atoms with Crippen LogP contribution in [0.1, 0.15) is 0 Å². The number of imidazole rings is 1. The molecule has 0 amide bonds. The second kappa shape index (κ2) is 4.64. The van der Waals surface area contributed by atoms with Gasteiger partial charge < -0.3 is 10.4 Å². The summed E-state index contributed by atoms with van der Waals surface area (Å²) in [6, 6.07) is 12.3. The summed E-state index contributed by atoms with van der Waals surface area (Å²) in [5.74, 6) is 0.417. The first-order valence-corrected chi connectivity index (χ1v) is 6.61. The molecule has 1 aromatic heterocycles. The van der Waals surface area contributed by atoms with Crippen LogP contribution < -0.4 is 0 Å². The summed E-state index contributed by atoms with van der Waals surface area (Å²) in [7, 11) is 0. The molecule has 0 aliphatic carbocycles. The van der Waals surface area contributed by atoms with Crippen molar-refractivity contribution in [3.63, 3.8) is 0 Å². The van der Waals surface area contributed by atoms with E-state index in [4.69, 9.17) is 0 Å². The molecular formula is C14H10BrN3O2. The van der Waals surface area contributed by atoms with Crippen LogP contribution in [0.2, 0.25) is 0 Å². The van der Waals surface area contributed by atoms with Gasteiger partial charge in [0.1, 0.15) is 12.2 Å². The lowest BCUT2D eigenvalue weighted by molar-refractivity contribution is -0.349. The molecule has 20 heavy (non-hydrogen) atoms. The summed E-state index contributed by atoms with van der Waals surface area (Å²) in [5.41, 5.74) is 2.19. The quantitative estimate of drug-likeness (QED) is 0.257. The molecule has 0 radical (unpaired) electrons. The molecule has 5 nitrogen and oxygen atoms in total. The molecule has 0 unspecified atom stereocenters. The smallest absolute Gasteiger partial charge is 0.218 e. The van der Waals surface area contributed by atoms with Gasteiger partial charge in [0.2, 0.25) is 5.69 Å². The molecule has 100 valence electrons. The molecule has 0 saturated carbocycles. The molecule has 1 heterocycles. The van der Waals surface area contributed by atoms with E-state index in [9.17, 15) is 10.4 Å². The molecule has 0 spiro atoms. The van der Waals surface area contributed by atoms with Crippen molar-refractivity contribution < 1.29 is 9.95 Å². The van der Waals surface area contributed by atoms with E-state index in [1.54, 1.807) is 18.2 Å². The molecule has 0 saturated heterocycles. The Morgan fingerprint density at radius 2 is 2.05 bits per heavy atom. The van der Waals surface area contributed by atoms with E-state index in [2.05, 4.69) is 27.6 Å². The van der Waals surface area contributed by atoms with E-state index in [0.29, 0.717) is 27.3 Å². The molecule has 1 N–H and O–H groups in total. The summed E-state index contributed by atoms with van der Waals surface area (Å²) >= 11 is 3.38. The van der Waals surface area contributed by atoms with Crippen LogP contribution >= 0.6 is 15.9 Å². The highest BCUT2D eigenvalue weighted by Crippen LogP contribution is 2.27. The van der Waals surface area contributed by atoms with Crippen molar-refractivity contribution in [2.24, 2.45) is 0 Å². The molecule has 0 aliphatic rings. The molecule has 0 aliphatic heterocycles. The van der Waals surface area contributed by atoms with Crippen molar-refractivity contribution in [2.75, 3.05) is 0 Å². The molecule has 2 aromatic carbocycles. The van der Waals surface area contributed by atoms with Gasteiger partial charge in [-0.3, -0.25) is 0 Å². The van der Waals surface area contributed by atoms with Gasteiger partial charge in [0.05, 0.1) is 5.52 Å². The van der Waals surface area contributed by atoms with Crippen molar-refractivity contribution in [1.29, 1.82) is 0 Å². The van der Waals surface area contributed by atoms with Crippen molar-refractivity contribution in [3.8, 4) is 11.4 Å². The standard InChI is InChI=1S/C14H10BrN3O2/c1-17(19)11-5-6-12-13(8-11)18(20)14(16-12)9-3-2-4-10(15)7-9/h2-8,20H,1H2. The van der Waals surface area contributed by atoms with Crippen LogP contribution in [-0.2, 0) is 0 Å². The van der Waals surface area contributed by atoms with Crippen molar-refractivity contribution in [3.05, 3.63) is 52.1 Å². The Morgan fingerprint density at radius 3 is 2.75 bits per heavy atom. The van der Waals surface area contributed by atoms with Gasteiger partial charge in [0, 0.05) is 22.2 Å². The third-order valence-corrected chi connectivity index (χ3v) is 3.48. The molecule has 6 heteroatoms. The summed E-state index contributed by atoms with van der Waals surface area (Å²) in [6.45, 7) is 3.28. The number of fused-ring (bicyclic) bond motifs is 1. The summed E-state index contributed by atoms with van der Waals surface area (Å²) in [4.78, 5) is 4.38.